The van der Waals surface area contributed by atoms with Gasteiger partial charge >= 0.3 is 0 Å². The third-order valence-electron chi connectivity index (χ3n) is 2.00. The van der Waals surface area contributed by atoms with Crippen LogP contribution in [0.4, 0.5) is 5.69 Å². The van der Waals surface area contributed by atoms with Gasteiger partial charge in [-0.2, -0.15) is 0 Å². The highest BCUT2D eigenvalue weighted by atomic mass is 16.5. The van der Waals surface area contributed by atoms with Crippen molar-refractivity contribution in [3.63, 3.8) is 0 Å². The van der Waals surface area contributed by atoms with Crippen molar-refractivity contribution in [1.29, 1.82) is 0 Å². The van der Waals surface area contributed by atoms with E-state index >= 15 is 0 Å². The fraction of sp³-hybridized carbons (Fsp3) is 0.500. The summed E-state index contributed by atoms with van der Waals surface area (Å²) in [5.74, 6) is 0.745. The Morgan fingerprint density at radius 2 is 2.00 bits per heavy atom. The van der Waals surface area contributed by atoms with Crippen LogP contribution in [0.5, 0.6) is 5.75 Å². The van der Waals surface area contributed by atoms with Crippen molar-refractivity contribution < 1.29 is 9.47 Å². The smallest absolute Gasteiger partial charge is 0.142 e. The molecule has 3 nitrogen and oxygen atoms in total. The van der Waals surface area contributed by atoms with Crippen LogP contribution in [0.1, 0.15) is 18.9 Å². The van der Waals surface area contributed by atoms with E-state index in [9.17, 15) is 0 Å². The van der Waals surface area contributed by atoms with Crippen LogP contribution < -0.4 is 10.5 Å². The lowest BCUT2D eigenvalue weighted by Crippen LogP contribution is -2.08. The molecule has 3 heteroatoms. The third kappa shape index (κ3) is 4.21. The van der Waals surface area contributed by atoms with Gasteiger partial charge in [0.1, 0.15) is 12.4 Å². The predicted octanol–water partition coefficient (Wildman–Crippen LogP) is 2.38. The zero-order chi connectivity index (χ0) is 11.1. The van der Waals surface area contributed by atoms with Gasteiger partial charge in [0.15, 0.2) is 0 Å². The molecule has 1 aromatic carbocycles. The van der Waals surface area contributed by atoms with Crippen molar-refractivity contribution >= 4 is 5.69 Å². The van der Waals surface area contributed by atoms with E-state index in [1.165, 1.54) is 0 Å². The van der Waals surface area contributed by atoms with E-state index in [0.717, 1.165) is 24.3 Å². The first kappa shape index (κ1) is 11.9. The van der Waals surface area contributed by atoms with E-state index in [-0.39, 0.29) is 0 Å². The number of aryl methyl sites for hydroxylation is 1. The van der Waals surface area contributed by atoms with Crippen LogP contribution in [0, 0.1) is 6.92 Å². The second-order valence-corrected chi connectivity index (χ2v) is 3.50. The second-order valence-electron chi connectivity index (χ2n) is 3.50. The van der Waals surface area contributed by atoms with Crippen LogP contribution in [-0.2, 0) is 4.74 Å². The zero-order valence-corrected chi connectivity index (χ0v) is 9.45. The SMILES string of the molecule is CCCOCCOc1cc(C)ccc1N. The molecule has 1 rings (SSSR count). The molecule has 0 aromatic heterocycles. The van der Waals surface area contributed by atoms with Crippen LogP contribution >= 0.6 is 0 Å². The Hall–Kier alpha value is -1.22. The summed E-state index contributed by atoms with van der Waals surface area (Å²) in [6.07, 6.45) is 1.03. The predicted molar refractivity (Wildman–Crippen MR) is 62.2 cm³/mol. The maximum Gasteiger partial charge on any atom is 0.142 e. The number of nitrogens with two attached hydrogens (primary N) is 1. The third-order valence-corrected chi connectivity index (χ3v) is 2.00. The number of hydrogen-bond acceptors (Lipinski definition) is 3. The van der Waals surface area contributed by atoms with Crippen molar-refractivity contribution in [3.05, 3.63) is 23.8 Å². The number of rotatable bonds is 6. The van der Waals surface area contributed by atoms with Crippen molar-refractivity contribution in [2.45, 2.75) is 20.3 Å². The molecule has 0 atom stereocenters. The lowest BCUT2D eigenvalue weighted by atomic mass is 10.2. The average molecular weight is 209 g/mol. The standard InChI is InChI=1S/C12H19NO2/c1-3-6-14-7-8-15-12-9-10(2)4-5-11(12)13/h4-5,9H,3,6-8,13H2,1-2H3. The fourth-order valence-electron chi connectivity index (χ4n) is 1.22. The van der Waals surface area contributed by atoms with Crippen molar-refractivity contribution in [2.75, 3.05) is 25.6 Å². The second kappa shape index (κ2) is 6.30. The minimum atomic E-state index is 0.549. The number of hydrogen-bond donors (Lipinski definition) is 1. The highest BCUT2D eigenvalue weighted by Crippen LogP contribution is 2.21. The molecule has 1 aromatic rings. The Bertz CT molecular complexity index is 300. The van der Waals surface area contributed by atoms with E-state index in [1.807, 2.05) is 25.1 Å². The van der Waals surface area contributed by atoms with Gasteiger partial charge in [-0.25, -0.2) is 0 Å². The molecule has 0 aliphatic rings. The molecule has 0 fully saturated rings. The maximum absolute atomic E-state index is 5.76. The topological polar surface area (TPSA) is 44.5 Å². The molecular formula is C12H19NO2. The average Bonchev–Trinajstić information content (AvgIpc) is 2.23. The number of benzene rings is 1. The summed E-state index contributed by atoms with van der Waals surface area (Å²) in [5, 5.41) is 0. The summed E-state index contributed by atoms with van der Waals surface area (Å²) in [7, 11) is 0. The number of anilines is 1. The van der Waals surface area contributed by atoms with E-state index in [4.69, 9.17) is 15.2 Å². The first-order valence-electron chi connectivity index (χ1n) is 5.30. The largest absolute Gasteiger partial charge is 0.489 e. The minimum Gasteiger partial charge on any atom is -0.489 e. The Labute approximate surface area is 91.2 Å². The maximum atomic E-state index is 5.76. The lowest BCUT2D eigenvalue weighted by Gasteiger charge is -2.09. The molecule has 15 heavy (non-hydrogen) atoms. The molecule has 2 N–H and O–H groups in total. The van der Waals surface area contributed by atoms with Crippen LogP contribution in [0.3, 0.4) is 0 Å². The van der Waals surface area contributed by atoms with Gasteiger partial charge in [-0.3, -0.25) is 0 Å². The minimum absolute atomic E-state index is 0.549. The first-order valence-corrected chi connectivity index (χ1v) is 5.30. The van der Waals surface area contributed by atoms with Gasteiger partial charge in [0.25, 0.3) is 0 Å². The molecule has 84 valence electrons. The van der Waals surface area contributed by atoms with Crippen LogP contribution in [0.2, 0.25) is 0 Å². The Kier molecular flexibility index (Phi) is 4.98. The van der Waals surface area contributed by atoms with Gasteiger partial charge < -0.3 is 15.2 Å². The zero-order valence-electron chi connectivity index (χ0n) is 9.45. The summed E-state index contributed by atoms with van der Waals surface area (Å²) in [4.78, 5) is 0. The Balaban J connectivity index is 2.33. The van der Waals surface area contributed by atoms with E-state index in [2.05, 4.69) is 6.92 Å². The van der Waals surface area contributed by atoms with Gasteiger partial charge in [0.05, 0.1) is 12.3 Å². The Morgan fingerprint density at radius 1 is 1.20 bits per heavy atom. The summed E-state index contributed by atoms with van der Waals surface area (Å²) in [5.41, 5.74) is 7.59. The van der Waals surface area contributed by atoms with Crippen LogP contribution in [0.15, 0.2) is 18.2 Å². The summed E-state index contributed by atoms with van der Waals surface area (Å²) >= 11 is 0. The van der Waals surface area contributed by atoms with Crippen molar-refractivity contribution in [3.8, 4) is 5.75 Å². The van der Waals surface area contributed by atoms with Gasteiger partial charge in [0, 0.05) is 6.61 Å². The molecule has 0 amide bonds. The molecule has 0 heterocycles. The molecule has 0 radical (unpaired) electrons. The van der Waals surface area contributed by atoms with Crippen LogP contribution in [0.25, 0.3) is 0 Å². The molecular weight excluding hydrogens is 190 g/mol. The van der Waals surface area contributed by atoms with E-state index < -0.39 is 0 Å². The monoisotopic (exact) mass is 209 g/mol. The molecule has 0 aliphatic carbocycles. The number of nitrogen functional groups attached to an aromatic ring is 1. The molecule has 0 saturated carbocycles. The van der Waals surface area contributed by atoms with Crippen molar-refractivity contribution in [2.24, 2.45) is 0 Å². The first-order chi connectivity index (χ1) is 7.24. The van der Waals surface area contributed by atoms with Crippen molar-refractivity contribution in [1.82, 2.24) is 0 Å². The normalized spacial score (nSPS) is 10.3. The van der Waals surface area contributed by atoms with E-state index in [0.29, 0.717) is 18.9 Å². The van der Waals surface area contributed by atoms with Gasteiger partial charge in [-0.15, -0.1) is 0 Å². The van der Waals surface area contributed by atoms with Gasteiger partial charge in [0.2, 0.25) is 0 Å². The fourth-order valence-corrected chi connectivity index (χ4v) is 1.22. The highest BCUT2D eigenvalue weighted by molar-refractivity contribution is 5.53. The van der Waals surface area contributed by atoms with Crippen LogP contribution in [-0.4, -0.2) is 19.8 Å². The molecule has 0 unspecified atom stereocenters. The molecule has 0 bridgehead atoms. The highest BCUT2D eigenvalue weighted by Gasteiger charge is 1.99. The molecule has 0 aliphatic heterocycles. The van der Waals surface area contributed by atoms with Gasteiger partial charge in [-0.1, -0.05) is 13.0 Å². The molecule has 0 spiro atoms. The van der Waals surface area contributed by atoms with E-state index in [1.54, 1.807) is 0 Å². The number of ether oxygens (including phenoxy) is 2. The Morgan fingerprint density at radius 3 is 2.73 bits per heavy atom. The summed E-state index contributed by atoms with van der Waals surface area (Å²) in [6, 6.07) is 5.77. The van der Waals surface area contributed by atoms with Gasteiger partial charge in [-0.05, 0) is 31.0 Å². The lowest BCUT2D eigenvalue weighted by molar-refractivity contribution is 0.101. The molecule has 0 saturated heterocycles. The summed E-state index contributed by atoms with van der Waals surface area (Å²) < 4.78 is 10.8. The summed E-state index contributed by atoms with van der Waals surface area (Å²) in [6.45, 7) is 6.04. The quantitative estimate of drug-likeness (QED) is 0.578.